The lowest BCUT2D eigenvalue weighted by molar-refractivity contribution is -0.233. The molecule has 6 N–H and O–H groups in total. The average molecular weight is 390 g/mol. The van der Waals surface area contributed by atoms with Crippen molar-refractivity contribution in [3.63, 3.8) is 0 Å². The summed E-state index contributed by atoms with van der Waals surface area (Å²) in [5.74, 6) is -1.29. The van der Waals surface area contributed by atoms with Crippen LogP contribution in [0.2, 0.25) is 0 Å². The van der Waals surface area contributed by atoms with Crippen LogP contribution in [0.1, 0.15) is 57.8 Å². The largest absolute Gasteiger partial charge is 0.479 e. The summed E-state index contributed by atoms with van der Waals surface area (Å²) in [4.78, 5) is 22.1. The third kappa shape index (κ3) is 8.52. The molecule has 1 amide bonds. The Balaban J connectivity index is 2.06. The number of amides is 1. The number of carbonyl (C=O) groups excluding carboxylic acids is 1. The first kappa shape index (κ1) is 23.8. The second-order valence-corrected chi connectivity index (χ2v) is 6.99. The van der Waals surface area contributed by atoms with Crippen molar-refractivity contribution in [2.24, 2.45) is 0 Å². The van der Waals surface area contributed by atoms with Crippen LogP contribution in [-0.2, 0) is 14.3 Å². The molecule has 1 saturated heterocycles. The van der Waals surface area contributed by atoms with E-state index in [4.69, 9.17) is 9.84 Å². The molecular weight excluding hydrogens is 356 g/mol. The van der Waals surface area contributed by atoms with E-state index in [1.54, 1.807) is 7.05 Å². The molecule has 9 heteroatoms. The fraction of sp³-hybridized carbons (Fsp3) is 0.889. The highest BCUT2D eigenvalue weighted by molar-refractivity contribution is 5.75. The highest BCUT2D eigenvalue weighted by Gasteiger charge is 2.46. The van der Waals surface area contributed by atoms with Crippen LogP contribution in [-0.4, -0.2) is 76.5 Å². The maximum Gasteiger partial charge on any atom is 0.335 e. The molecule has 0 spiro atoms. The molecule has 1 rings (SSSR count). The van der Waals surface area contributed by atoms with Gasteiger partial charge < -0.3 is 30.5 Å². The second-order valence-electron chi connectivity index (χ2n) is 6.99. The lowest BCUT2D eigenvalue weighted by Crippen LogP contribution is -2.63. The molecule has 1 aliphatic rings. The van der Waals surface area contributed by atoms with Gasteiger partial charge in [-0.05, 0) is 19.4 Å². The minimum atomic E-state index is -1.66. The van der Waals surface area contributed by atoms with Crippen LogP contribution in [0.5, 0.6) is 0 Å². The Morgan fingerprint density at radius 1 is 0.852 bits per heavy atom. The molecule has 1 fully saturated rings. The molecule has 0 aromatic carbocycles. The van der Waals surface area contributed by atoms with Gasteiger partial charge in [0.15, 0.2) is 6.10 Å². The number of nitrogens with one attached hydrogen (secondary N) is 2. The summed E-state index contributed by atoms with van der Waals surface area (Å²) in [5.41, 5.74) is 0. The summed E-state index contributed by atoms with van der Waals surface area (Å²) in [5, 5.41) is 43.7. The molecule has 5 unspecified atom stereocenters. The molecule has 27 heavy (non-hydrogen) atoms. The first-order chi connectivity index (χ1) is 12.9. The highest BCUT2D eigenvalue weighted by atomic mass is 16.6. The summed E-state index contributed by atoms with van der Waals surface area (Å²) >= 11 is 0. The summed E-state index contributed by atoms with van der Waals surface area (Å²) in [7, 11) is 1.65. The Bertz CT molecular complexity index is 449. The van der Waals surface area contributed by atoms with Crippen molar-refractivity contribution in [3.8, 4) is 0 Å². The Morgan fingerprint density at radius 3 is 1.96 bits per heavy atom. The summed E-state index contributed by atoms with van der Waals surface area (Å²) in [6, 6.07) is 0. The second kappa shape index (κ2) is 13.0. The van der Waals surface area contributed by atoms with Crippen molar-refractivity contribution in [2.75, 3.05) is 13.6 Å². The molecule has 0 saturated carbocycles. The number of rotatable bonds is 13. The van der Waals surface area contributed by atoms with Gasteiger partial charge >= 0.3 is 5.97 Å². The zero-order valence-electron chi connectivity index (χ0n) is 16.0. The normalized spacial score (nSPS) is 28.1. The van der Waals surface area contributed by atoms with Crippen molar-refractivity contribution < 1.29 is 34.8 Å². The molecule has 0 radical (unpaired) electrons. The molecule has 5 atom stereocenters. The third-order valence-corrected chi connectivity index (χ3v) is 4.81. The van der Waals surface area contributed by atoms with E-state index in [0.29, 0.717) is 13.0 Å². The van der Waals surface area contributed by atoms with E-state index in [2.05, 4.69) is 10.6 Å². The molecule has 9 nitrogen and oxygen atoms in total. The van der Waals surface area contributed by atoms with E-state index in [1.807, 2.05) is 0 Å². The Kier molecular flexibility index (Phi) is 11.5. The molecule has 158 valence electrons. The van der Waals surface area contributed by atoms with Gasteiger partial charge in [-0.1, -0.05) is 38.5 Å². The van der Waals surface area contributed by atoms with E-state index in [1.165, 1.54) is 0 Å². The molecule has 0 aliphatic carbocycles. The lowest BCUT2D eigenvalue weighted by Gasteiger charge is -2.39. The van der Waals surface area contributed by atoms with Gasteiger partial charge in [0.1, 0.15) is 24.5 Å². The van der Waals surface area contributed by atoms with Crippen molar-refractivity contribution >= 4 is 11.9 Å². The van der Waals surface area contributed by atoms with Gasteiger partial charge in [-0.25, -0.2) is 4.79 Å². The lowest BCUT2D eigenvalue weighted by atomic mass is 9.98. The fourth-order valence-electron chi connectivity index (χ4n) is 3.09. The highest BCUT2D eigenvalue weighted by Crippen LogP contribution is 2.20. The Morgan fingerprint density at radius 2 is 1.41 bits per heavy atom. The maximum absolute atomic E-state index is 11.1. The van der Waals surface area contributed by atoms with Gasteiger partial charge in [-0.3, -0.25) is 10.1 Å². The topological polar surface area (TPSA) is 148 Å². The van der Waals surface area contributed by atoms with Crippen LogP contribution < -0.4 is 10.6 Å². The number of hydrogen-bond donors (Lipinski definition) is 6. The van der Waals surface area contributed by atoms with Crippen LogP contribution in [0.15, 0.2) is 0 Å². The van der Waals surface area contributed by atoms with E-state index in [9.17, 15) is 24.9 Å². The molecule has 0 bridgehead atoms. The minimum Gasteiger partial charge on any atom is -0.479 e. The molecule has 0 aromatic rings. The third-order valence-electron chi connectivity index (χ3n) is 4.81. The van der Waals surface area contributed by atoms with Crippen LogP contribution in [0.4, 0.5) is 0 Å². The number of carboxylic acids is 1. The zero-order valence-corrected chi connectivity index (χ0v) is 16.0. The smallest absolute Gasteiger partial charge is 0.335 e. The number of unbranched alkanes of at least 4 members (excludes halogenated alkanes) is 7. The van der Waals surface area contributed by atoms with E-state index < -0.39 is 36.6 Å². The monoisotopic (exact) mass is 390 g/mol. The molecule has 1 heterocycles. The number of carbonyl (C=O) groups is 2. The summed E-state index contributed by atoms with van der Waals surface area (Å²) < 4.78 is 5.15. The zero-order chi connectivity index (χ0) is 20.2. The Labute approximate surface area is 160 Å². The van der Waals surface area contributed by atoms with Gasteiger partial charge in [-0.2, -0.15) is 0 Å². The number of aliphatic hydroxyl groups is 3. The van der Waals surface area contributed by atoms with E-state index >= 15 is 0 Å². The van der Waals surface area contributed by atoms with Gasteiger partial charge in [-0.15, -0.1) is 0 Å². The van der Waals surface area contributed by atoms with Gasteiger partial charge in [0.2, 0.25) is 5.91 Å². The van der Waals surface area contributed by atoms with Crippen molar-refractivity contribution in [1.82, 2.24) is 10.6 Å². The fourth-order valence-corrected chi connectivity index (χ4v) is 3.09. The predicted octanol–water partition coefficient (Wildman–Crippen LogP) is -0.275. The van der Waals surface area contributed by atoms with E-state index in [0.717, 1.165) is 51.4 Å². The number of aliphatic hydroxyl groups excluding tert-OH is 3. The number of ether oxygens (including phenoxy) is 1. The minimum absolute atomic E-state index is 0.0891. The van der Waals surface area contributed by atoms with Gasteiger partial charge in [0.25, 0.3) is 0 Å². The van der Waals surface area contributed by atoms with Crippen molar-refractivity contribution in [3.05, 3.63) is 0 Å². The van der Waals surface area contributed by atoms with Crippen LogP contribution >= 0.6 is 0 Å². The molecule has 0 aromatic heterocycles. The van der Waals surface area contributed by atoms with Crippen LogP contribution in [0.3, 0.4) is 0 Å². The number of hydrogen-bond acceptors (Lipinski definition) is 7. The Hall–Kier alpha value is -1.26. The molecule has 1 aliphatic heterocycles. The van der Waals surface area contributed by atoms with Gasteiger partial charge in [0, 0.05) is 13.5 Å². The first-order valence-electron chi connectivity index (χ1n) is 9.75. The number of carboxylic acid groups (broad SMARTS) is 1. The van der Waals surface area contributed by atoms with Crippen molar-refractivity contribution in [2.45, 2.75) is 88.4 Å². The van der Waals surface area contributed by atoms with Crippen LogP contribution in [0, 0.1) is 0 Å². The number of aliphatic carboxylic acids is 1. The van der Waals surface area contributed by atoms with Gasteiger partial charge in [0.05, 0.1) is 0 Å². The standard InChI is InChI=1S/C18H34N2O7/c1-19-12(21)10-8-6-4-2-3-5-7-9-11-20-17-15(24)13(22)14(23)16(27-17)18(25)26/h13-17,20,22-24H,2-11H2,1H3,(H,19,21)(H,25,26). The average Bonchev–Trinajstić information content (AvgIpc) is 2.65. The van der Waals surface area contributed by atoms with Crippen LogP contribution in [0.25, 0.3) is 0 Å². The summed E-state index contributed by atoms with van der Waals surface area (Å²) in [6.45, 7) is 0.517. The first-order valence-corrected chi connectivity index (χ1v) is 9.75. The SMILES string of the molecule is CNC(=O)CCCCCCCCCCNC1OC(C(=O)O)C(O)C(O)C1O. The van der Waals surface area contributed by atoms with E-state index in [-0.39, 0.29) is 5.91 Å². The maximum atomic E-state index is 11.1. The molecular formula is C18H34N2O7. The quantitative estimate of drug-likeness (QED) is 0.235. The van der Waals surface area contributed by atoms with Crippen molar-refractivity contribution in [1.29, 1.82) is 0 Å². The predicted molar refractivity (Wildman–Crippen MR) is 97.9 cm³/mol. The summed E-state index contributed by atoms with van der Waals surface area (Å²) in [6.07, 6.45) is 1.64.